The molecule has 1 heterocycles. The number of hydrogen-bond acceptors (Lipinski definition) is 4. The largest absolute Gasteiger partial charge is 0.465 e. The highest BCUT2D eigenvalue weighted by Gasteiger charge is 2.34. The van der Waals surface area contributed by atoms with E-state index in [1.165, 1.54) is 12.0 Å². The summed E-state index contributed by atoms with van der Waals surface area (Å²) in [5.74, 6) is -4.16. The maximum absolute atomic E-state index is 13.9. The Hall–Kier alpha value is -3.29. The van der Waals surface area contributed by atoms with Crippen LogP contribution in [-0.2, 0) is 16.0 Å². The van der Waals surface area contributed by atoms with E-state index in [2.05, 4.69) is 5.32 Å². The molecule has 0 radical (unpaired) electrons. The third-order valence-corrected chi connectivity index (χ3v) is 5.07. The van der Waals surface area contributed by atoms with Crippen LogP contribution in [0, 0.1) is 17.6 Å². The van der Waals surface area contributed by atoms with Gasteiger partial charge in [0.05, 0.1) is 12.7 Å². The van der Waals surface area contributed by atoms with Gasteiger partial charge >= 0.3 is 5.97 Å². The minimum Gasteiger partial charge on any atom is -0.465 e. The quantitative estimate of drug-likeness (QED) is 0.760. The predicted octanol–water partition coefficient (Wildman–Crippen LogP) is 3.10. The number of fused-ring (bicyclic) bond motifs is 1. The van der Waals surface area contributed by atoms with Crippen molar-refractivity contribution >= 4 is 23.5 Å². The Kier molecular flexibility index (Phi) is 6.14. The smallest absolute Gasteiger partial charge is 0.337 e. The lowest BCUT2D eigenvalue weighted by atomic mass is 10.0. The molecule has 2 aromatic carbocycles. The number of nitrogens with one attached hydrogen (secondary N) is 1. The molecular formula is C22H22F2N2O4. The number of ether oxygens (including phenoxy) is 1. The molecule has 0 aliphatic carbocycles. The third kappa shape index (κ3) is 4.03. The van der Waals surface area contributed by atoms with Gasteiger partial charge in [0.15, 0.2) is 0 Å². The summed E-state index contributed by atoms with van der Waals surface area (Å²) in [5, 5.41) is 2.48. The van der Waals surface area contributed by atoms with Crippen molar-refractivity contribution in [3.8, 4) is 0 Å². The van der Waals surface area contributed by atoms with Gasteiger partial charge in [-0.25, -0.2) is 13.6 Å². The van der Waals surface area contributed by atoms with Gasteiger partial charge in [0.2, 0.25) is 5.91 Å². The van der Waals surface area contributed by atoms with Crippen LogP contribution in [-0.4, -0.2) is 37.5 Å². The normalized spacial score (nSPS) is 13.7. The van der Waals surface area contributed by atoms with Crippen LogP contribution in [0.3, 0.4) is 0 Å². The van der Waals surface area contributed by atoms with Crippen molar-refractivity contribution in [1.82, 2.24) is 5.32 Å². The van der Waals surface area contributed by atoms with Gasteiger partial charge in [0.25, 0.3) is 5.91 Å². The fourth-order valence-corrected chi connectivity index (χ4v) is 3.49. The topological polar surface area (TPSA) is 75.7 Å². The average molecular weight is 416 g/mol. The minimum absolute atomic E-state index is 0.324. The molecule has 1 aliphatic rings. The van der Waals surface area contributed by atoms with Crippen LogP contribution in [0.4, 0.5) is 14.5 Å². The fraction of sp³-hybridized carbons (Fsp3) is 0.318. The molecule has 0 bridgehead atoms. The number of rotatable bonds is 5. The van der Waals surface area contributed by atoms with Crippen LogP contribution < -0.4 is 10.2 Å². The lowest BCUT2D eigenvalue weighted by molar-refractivity contribution is -0.121. The van der Waals surface area contributed by atoms with E-state index in [1.807, 2.05) is 0 Å². The number of hydrogen-bond donors (Lipinski definition) is 1. The zero-order valence-electron chi connectivity index (χ0n) is 16.9. The van der Waals surface area contributed by atoms with Crippen molar-refractivity contribution in [2.45, 2.75) is 26.3 Å². The maximum Gasteiger partial charge on any atom is 0.337 e. The van der Waals surface area contributed by atoms with Crippen molar-refractivity contribution in [3.05, 3.63) is 64.7 Å². The zero-order valence-corrected chi connectivity index (χ0v) is 16.9. The summed E-state index contributed by atoms with van der Waals surface area (Å²) in [6.45, 7) is 3.84. The molecular weight excluding hydrogens is 394 g/mol. The third-order valence-electron chi connectivity index (χ3n) is 5.07. The molecule has 0 spiro atoms. The number of carbonyl (C=O) groups excluding carboxylic acids is 3. The monoisotopic (exact) mass is 416 g/mol. The molecule has 3 rings (SSSR count). The van der Waals surface area contributed by atoms with Gasteiger partial charge in [0.1, 0.15) is 23.2 Å². The van der Waals surface area contributed by atoms with Gasteiger partial charge < -0.3 is 15.0 Å². The highest BCUT2D eigenvalue weighted by Crippen LogP contribution is 2.30. The summed E-state index contributed by atoms with van der Waals surface area (Å²) in [6, 6.07) is 7.04. The highest BCUT2D eigenvalue weighted by atomic mass is 19.1. The summed E-state index contributed by atoms with van der Waals surface area (Å²) in [7, 11) is 1.29. The molecule has 0 aromatic heterocycles. The number of carbonyl (C=O) groups is 3. The van der Waals surface area contributed by atoms with Gasteiger partial charge in [-0.2, -0.15) is 0 Å². The van der Waals surface area contributed by atoms with E-state index < -0.39 is 35.1 Å². The molecule has 0 saturated heterocycles. The van der Waals surface area contributed by atoms with Crippen molar-refractivity contribution in [2.24, 2.45) is 5.92 Å². The van der Waals surface area contributed by atoms with Crippen molar-refractivity contribution in [3.63, 3.8) is 0 Å². The number of halogens is 2. The highest BCUT2D eigenvalue weighted by molar-refractivity contribution is 6.04. The molecule has 158 valence electrons. The number of benzene rings is 2. The van der Waals surface area contributed by atoms with Crippen LogP contribution in [0.2, 0.25) is 0 Å². The van der Waals surface area contributed by atoms with E-state index in [1.54, 1.807) is 32.0 Å². The number of methoxy groups -OCH3 is 1. The summed E-state index contributed by atoms with van der Waals surface area (Å²) in [4.78, 5) is 38.9. The molecule has 1 atom stereocenters. The molecule has 2 amide bonds. The van der Waals surface area contributed by atoms with Crippen LogP contribution >= 0.6 is 0 Å². The molecule has 1 unspecified atom stereocenters. The van der Waals surface area contributed by atoms with Crippen LogP contribution in [0.15, 0.2) is 36.4 Å². The molecule has 8 heteroatoms. The average Bonchev–Trinajstić information content (AvgIpc) is 3.13. The second-order valence-corrected chi connectivity index (χ2v) is 7.37. The first-order valence-corrected chi connectivity index (χ1v) is 9.52. The first kappa shape index (κ1) is 21.4. The Morgan fingerprint density at radius 1 is 1.10 bits per heavy atom. The van der Waals surface area contributed by atoms with Gasteiger partial charge in [-0.1, -0.05) is 19.9 Å². The van der Waals surface area contributed by atoms with E-state index >= 15 is 0 Å². The minimum atomic E-state index is -0.996. The van der Waals surface area contributed by atoms with E-state index in [9.17, 15) is 23.2 Å². The number of nitrogens with zero attached hydrogens (tertiary/aromatic N) is 1. The van der Waals surface area contributed by atoms with E-state index in [0.717, 1.165) is 23.8 Å². The molecule has 6 nitrogen and oxygen atoms in total. The predicted molar refractivity (Wildman–Crippen MR) is 106 cm³/mol. The Bertz CT molecular complexity index is 986. The Labute approximate surface area is 172 Å². The van der Waals surface area contributed by atoms with Crippen LogP contribution in [0.1, 0.15) is 40.1 Å². The van der Waals surface area contributed by atoms with Gasteiger partial charge in [-0.05, 0) is 48.2 Å². The van der Waals surface area contributed by atoms with Gasteiger partial charge in [-0.3, -0.25) is 9.59 Å². The van der Waals surface area contributed by atoms with Gasteiger partial charge in [-0.15, -0.1) is 0 Å². The summed E-state index contributed by atoms with van der Waals surface area (Å²) in [6.07, 6.45) is 0.534. The summed E-state index contributed by atoms with van der Waals surface area (Å²) >= 11 is 0. The molecule has 1 N–H and O–H groups in total. The summed E-state index contributed by atoms with van der Waals surface area (Å²) in [5.41, 5.74) is 1.10. The SMILES string of the molecule is COC(=O)c1ccc2c(c1)CCN2C(=O)C(NC(=O)c1c(F)cccc1F)C(C)C. The number of anilines is 1. The van der Waals surface area contributed by atoms with Gasteiger partial charge in [0, 0.05) is 12.2 Å². The Morgan fingerprint density at radius 2 is 1.77 bits per heavy atom. The van der Waals surface area contributed by atoms with Crippen molar-refractivity contribution in [1.29, 1.82) is 0 Å². The second-order valence-electron chi connectivity index (χ2n) is 7.37. The van der Waals surface area contributed by atoms with Crippen LogP contribution in [0.5, 0.6) is 0 Å². The standard InChI is InChI=1S/C22H22F2N2O4/c1-12(2)19(25-20(27)18-15(23)5-4-6-16(18)24)21(28)26-10-9-13-11-14(22(29)30-3)7-8-17(13)26/h4-8,11-12,19H,9-10H2,1-3H3,(H,25,27). The molecule has 2 aromatic rings. The zero-order chi connectivity index (χ0) is 22.0. The molecule has 30 heavy (non-hydrogen) atoms. The lowest BCUT2D eigenvalue weighted by Crippen LogP contribution is -2.51. The number of amides is 2. The van der Waals surface area contributed by atoms with E-state index in [-0.39, 0.29) is 11.8 Å². The first-order chi connectivity index (χ1) is 14.2. The van der Waals surface area contributed by atoms with E-state index in [0.29, 0.717) is 24.2 Å². The Morgan fingerprint density at radius 3 is 2.37 bits per heavy atom. The molecule has 1 aliphatic heterocycles. The van der Waals surface area contributed by atoms with Crippen LogP contribution in [0.25, 0.3) is 0 Å². The van der Waals surface area contributed by atoms with Crippen molar-refractivity contribution < 1.29 is 27.9 Å². The molecule has 0 saturated carbocycles. The molecule has 0 fully saturated rings. The second kappa shape index (κ2) is 8.61. The Balaban J connectivity index is 1.84. The summed E-state index contributed by atoms with van der Waals surface area (Å²) < 4.78 is 32.6. The first-order valence-electron chi connectivity index (χ1n) is 9.52. The lowest BCUT2D eigenvalue weighted by Gasteiger charge is -2.27. The van der Waals surface area contributed by atoms with E-state index in [4.69, 9.17) is 4.74 Å². The number of esters is 1. The maximum atomic E-state index is 13.9. The fourth-order valence-electron chi connectivity index (χ4n) is 3.49. The van der Waals surface area contributed by atoms with Crippen molar-refractivity contribution in [2.75, 3.05) is 18.6 Å².